The molecule has 0 bridgehead atoms. The second kappa shape index (κ2) is 8.80. The van der Waals surface area contributed by atoms with Gasteiger partial charge in [0, 0.05) is 25.2 Å². The summed E-state index contributed by atoms with van der Waals surface area (Å²) >= 11 is 0. The Kier molecular flexibility index (Phi) is 6.75. The van der Waals surface area contributed by atoms with E-state index in [0.29, 0.717) is 18.8 Å². The first-order valence-corrected chi connectivity index (χ1v) is 8.50. The van der Waals surface area contributed by atoms with Crippen molar-refractivity contribution >= 4 is 11.9 Å². The Hall–Kier alpha value is -2.15. The third-order valence-corrected chi connectivity index (χ3v) is 4.47. The average molecular weight is 352 g/mol. The summed E-state index contributed by atoms with van der Waals surface area (Å²) in [5, 5.41) is 8.91. The number of carboxylic acids is 1. The molecule has 1 aromatic carbocycles. The number of carbonyl (C=O) groups excluding carboxylic acids is 1. The van der Waals surface area contributed by atoms with Crippen molar-refractivity contribution < 1.29 is 23.8 Å². The monoisotopic (exact) mass is 352 g/mol. The van der Waals surface area contributed by atoms with E-state index >= 15 is 0 Å². The molecular formula is C18H25FN2O4. The molecule has 2 rings (SSSR count). The standard InChI is InChI=1S/C18H25FN2O4/c1-13(25-16-7-3-5-14(19)11-16)18(24)21-9-4-6-15(8-10-21)20(2)12-17(22)23/h3,5,7,11,13,15H,4,6,8-10,12H2,1-2H3,(H,22,23)/t13-,15-/m0/s1. The number of benzene rings is 1. The fourth-order valence-corrected chi connectivity index (χ4v) is 3.13. The summed E-state index contributed by atoms with van der Waals surface area (Å²) in [7, 11) is 1.80. The van der Waals surface area contributed by atoms with Crippen LogP contribution in [-0.4, -0.2) is 65.6 Å². The van der Waals surface area contributed by atoms with E-state index in [1.807, 2.05) is 4.90 Å². The molecule has 6 nitrogen and oxygen atoms in total. The second-order valence-electron chi connectivity index (χ2n) is 6.44. The Morgan fingerprint density at radius 3 is 2.84 bits per heavy atom. The predicted molar refractivity (Wildman–Crippen MR) is 91.0 cm³/mol. The Bertz CT molecular complexity index is 610. The number of ether oxygens (including phenoxy) is 1. The topological polar surface area (TPSA) is 70.1 Å². The smallest absolute Gasteiger partial charge is 0.317 e. The van der Waals surface area contributed by atoms with Crippen LogP contribution in [0.2, 0.25) is 0 Å². The third kappa shape index (κ3) is 5.70. The number of likely N-dealkylation sites (tertiary alicyclic amines) is 1. The van der Waals surface area contributed by atoms with Gasteiger partial charge in [0.15, 0.2) is 6.10 Å². The highest BCUT2D eigenvalue weighted by molar-refractivity contribution is 5.81. The van der Waals surface area contributed by atoms with Crippen LogP contribution in [0.15, 0.2) is 24.3 Å². The van der Waals surface area contributed by atoms with Crippen LogP contribution in [0.5, 0.6) is 5.75 Å². The van der Waals surface area contributed by atoms with Gasteiger partial charge in [0.1, 0.15) is 11.6 Å². The third-order valence-electron chi connectivity index (χ3n) is 4.47. The molecule has 1 heterocycles. The van der Waals surface area contributed by atoms with E-state index < -0.39 is 17.9 Å². The molecule has 0 aromatic heterocycles. The number of nitrogens with zero attached hydrogens (tertiary/aromatic N) is 2. The zero-order chi connectivity index (χ0) is 18.4. The number of amides is 1. The maximum absolute atomic E-state index is 13.2. The van der Waals surface area contributed by atoms with Crippen molar-refractivity contribution in [3.63, 3.8) is 0 Å². The molecule has 25 heavy (non-hydrogen) atoms. The molecule has 0 radical (unpaired) electrons. The molecule has 1 saturated heterocycles. The number of aliphatic carboxylic acids is 1. The van der Waals surface area contributed by atoms with Gasteiger partial charge in [-0.3, -0.25) is 14.5 Å². The minimum absolute atomic E-state index is 0.00228. The Balaban J connectivity index is 1.90. The van der Waals surface area contributed by atoms with Crippen LogP contribution in [0.25, 0.3) is 0 Å². The van der Waals surface area contributed by atoms with Crippen LogP contribution >= 0.6 is 0 Å². The highest BCUT2D eigenvalue weighted by Gasteiger charge is 2.27. The summed E-state index contributed by atoms with van der Waals surface area (Å²) in [6.07, 6.45) is 1.69. The van der Waals surface area contributed by atoms with Gasteiger partial charge >= 0.3 is 5.97 Å². The number of hydrogen-bond acceptors (Lipinski definition) is 4. The number of carboxylic acid groups (broad SMARTS) is 1. The van der Waals surface area contributed by atoms with E-state index in [2.05, 4.69) is 0 Å². The maximum atomic E-state index is 13.2. The van der Waals surface area contributed by atoms with Crippen LogP contribution in [0, 0.1) is 5.82 Å². The van der Waals surface area contributed by atoms with Crippen molar-refractivity contribution in [1.82, 2.24) is 9.80 Å². The number of rotatable bonds is 6. The summed E-state index contributed by atoms with van der Waals surface area (Å²) < 4.78 is 18.8. The molecule has 0 unspecified atom stereocenters. The lowest BCUT2D eigenvalue weighted by Gasteiger charge is -2.26. The number of likely N-dealkylation sites (N-methyl/N-ethyl adjacent to an activating group) is 1. The molecular weight excluding hydrogens is 327 g/mol. The van der Waals surface area contributed by atoms with Gasteiger partial charge in [-0.05, 0) is 45.4 Å². The number of hydrogen-bond donors (Lipinski definition) is 1. The van der Waals surface area contributed by atoms with E-state index in [1.54, 1.807) is 24.9 Å². The lowest BCUT2D eigenvalue weighted by atomic mass is 10.1. The summed E-state index contributed by atoms with van der Waals surface area (Å²) in [5.41, 5.74) is 0. The van der Waals surface area contributed by atoms with E-state index in [9.17, 15) is 14.0 Å². The van der Waals surface area contributed by atoms with Crippen LogP contribution in [-0.2, 0) is 9.59 Å². The maximum Gasteiger partial charge on any atom is 0.317 e. The molecule has 1 aromatic rings. The summed E-state index contributed by atoms with van der Waals surface area (Å²) in [6, 6.07) is 5.88. The van der Waals surface area contributed by atoms with Gasteiger partial charge in [-0.25, -0.2) is 4.39 Å². The normalized spacial score (nSPS) is 19.4. The molecule has 1 aliphatic rings. The predicted octanol–water partition coefficient (Wildman–Crippen LogP) is 1.99. The zero-order valence-electron chi connectivity index (χ0n) is 14.7. The highest BCUT2D eigenvalue weighted by atomic mass is 19.1. The zero-order valence-corrected chi connectivity index (χ0v) is 14.7. The molecule has 7 heteroatoms. The van der Waals surface area contributed by atoms with Crippen molar-refractivity contribution in [2.24, 2.45) is 0 Å². The van der Waals surface area contributed by atoms with Gasteiger partial charge in [-0.1, -0.05) is 6.07 Å². The summed E-state index contributed by atoms with van der Waals surface area (Å²) in [6.45, 7) is 2.83. The molecule has 1 N–H and O–H groups in total. The van der Waals surface area contributed by atoms with Crippen LogP contribution in [0.1, 0.15) is 26.2 Å². The van der Waals surface area contributed by atoms with Gasteiger partial charge < -0.3 is 14.7 Å². The van der Waals surface area contributed by atoms with Crippen LogP contribution < -0.4 is 4.74 Å². The summed E-state index contributed by atoms with van der Waals surface area (Å²) in [4.78, 5) is 27.0. The van der Waals surface area contributed by atoms with Crippen molar-refractivity contribution in [1.29, 1.82) is 0 Å². The average Bonchev–Trinajstić information content (AvgIpc) is 2.79. The lowest BCUT2D eigenvalue weighted by Crippen LogP contribution is -2.42. The molecule has 138 valence electrons. The van der Waals surface area contributed by atoms with Crippen LogP contribution in [0.4, 0.5) is 4.39 Å². The lowest BCUT2D eigenvalue weighted by molar-refractivity contribution is -0.139. The molecule has 2 atom stereocenters. The second-order valence-corrected chi connectivity index (χ2v) is 6.44. The molecule has 1 aliphatic heterocycles. The highest BCUT2D eigenvalue weighted by Crippen LogP contribution is 2.18. The minimum atomic E-state index is -0.850. The van der Waals surface area contributed by atoms with Crippen molar-refractivity contribution in [3.8, 4) is 5.75 Å². The number of halogens is 1. The van der Waals surface area contributed by atoms with Crippen LogP contribution in [0.3, 0.4) is 0 Å². The quantitative estimate of drug-likeness (QED) is 0.848. The SMILES string of the molecule is C[C@H](Oc1cccc(F)c1)C(=O)N1CCC[C@H](N(C)CC(=O)O)CC1. The van der Waals surface area contributed by atoms with Gasteiger partial charge in [-0.15, -0.1) is 0 Å². The van der Waals surface area contributed by atoms with Gasteiger partial charge in [0.05, 0.1) is 6.54 Å². The van der Waals surface area contributed by atoms with Gasteiger partial charge in [-0.2, -0.15) is 0 Å². The van der Waals surface area contributed by atoms with Crippen molar-refractivity contribution in [2.75, 3.05) is 26.7 Å². The largest absolute Gasteiger partial charge is 0.481 e. The fourth-order valence-electron chi connectivity index (χ4n) is 3.13. The van der Waals surface area contributed by atoms with E-state index in [4.69, 9.17) is 9.84 Å². The first-order chi connectivity index (χ1) is 11.9. The Morgan fingerprint density at radius 1 is 1.40 bits per heavy atom. The molecule has 1 amide bonds. The minimum Gasteiger partial charge on any atom is -0.481 e. The Morgan fingerprint density at radius 2 is 2.16 bits per heavy atom. The molecule has 0 saturated carbocycles. The molecule has 1 fully saturated rings. The summed E-state index contributed by atoms with van der Waals surface area (Å²) in [5.74, 6) is -1.06. The number of carbonyl (C=O) groups is 2. The molecule has 0 aliphatic carbocycles. The fraction of sp³-hybridized carbons (Fsp3) is 0.556. The van der Waals surface area contributed by atoms with Gasteiger partial charge in [0.25, 0.3) is 5.91 Å². The van der Waals surface area contributed by atoms with Gasteiger partial charge in [0.2, 0.25) is 0 Å². The molecule has 0 spiro atoms. The van der Waals surface area contributed by atoms with E-state index in [0.717, 1.165) is 19.3 Å². The van der Waals surface area contributed by atoms with E-state index in [-0.39, 0.29) is 18.5 Å². The van der Waals surface area contributed by atoms with E-state index in [1.165, 1.54) is 18.2 Å². The van der Waals surface area contributed by atoms with Crippen molar-refractivity contribution in [3.05, 3.63) is 30.1 Å². The first kappa shape index (κ1) is 19.2. The first-order valence-electron chi connectivity index (χ1n) is 8.50. The Labute approximate surface area is 147 Å². The van der Waals surface area contributed by atoms with Crippen molar-refractivity contribution in [2.45, 2.75) is 38.3 Å².